The first-order valence-corrected chi connectivity index (χ1v) is 8.00. The smallest absolute Gasteiger partial charge is 0.206 e. The van der Waals surface area contributed by atoms with Gasteiger partial charge in [0.25, 0.3) is 0 Å². The van der Waals surface area contributed by atoms with Gasteiger partial charge in [0.05, 0.1) is 5.25 Å². The SMILES string of the molecule is CNc1nnc(S[C@H](C)C(=O)c2cc(C)ccc2C)s1. The fourth-order valence-corrected chi connectivity index (χ4v) is 3.70. The molecule has 1 atom stereocenters. The van der Waals surface area contributed by atoms with E-state index >= 15 is 0 Å². The zero-order chi connectivity index (χ0) is 14.7. The Morgan fingerprint density at radius 3 is 2.75 bits per heavy atom. The average molecular weight is 307 g/mol. The first kappa shape index (κ1) is 15.0. The second-order valence-corrected chi connectivity index (χ2v) is 7.13. The predicted octanol–water partition coefficient (Wildman–Crippen LogP) is 3.56. The molecule has 20 heavy (non-hydrogen) atoms. The Morgan fingerprint density at radius 2 is 2.10 bits per heavy atom. The molecule has 0 bridgehead atoms. The molecule has 4 nitrogen and oxygen atoms in total. The lowest BCUT2D eigenvalue weighted by molar-refractivity contribution is 0.0993. The molecule has 0 saturated heterocycles. The van der Waals surface area contributed by atoms with Gasteiger partial charge in [0, 0.05) is 12.6 Å². The van der Waals surface area contributed by atoms with Gasteiger partial charge in [-0.2, -0.15) is 0 Å². The van der Waals surface area contributed by atoms with Gasteiger partial charge in [-0.3, -0.25) is 4.79 Å². The number of nitrogens with one attached hydrogen (secondary N) is 1. The summed E-state index contributed by atoms with van der Waals surface area (Å²) in [6, 6.07) is 5.96. The summed E-state index contributed by atoms with van der Waals surface area (Å²) in [4.78, 5) is 12.5. The second kappa shape index (κ2) is 6.37. The number of hydrogen-bond acceptors (Lipinski definition) is 6. The Balaban J connectivity index is 2.14. The summed E-state index contributed by atoms with van der Waals surface area (Å²) in [7, 11) is 1.81. The van der Waals surface area contributed by atoms with Gasteiger partial charge in [0.1, 0.15) is 0 Å². The first-order valence-electron chi connectivity index (χ1n) is 6.30. The highest BCUT2D eigenvalue weighted by Gasteiger charge is 2.20. The van der Waals surface area contributed by atoms with Crippen molar-refractivity contribution in [2.24, 2.45) is 0 Å². The number of carbonyl (C=O) groups excluding carboxylic acids is 1. The first-order chi connectivity index (χ1) is 9.51. The average Bonchev–Trinajstić information content (AvgIpc) is 2.88. The molecule has 0 aliphatic rings. The molecule has 0 unspecified atom stereocenters. The molecule has 2 rings (SSSR count). The van der Waals surface area contributed by atoms with Crippen molar-refractivity contribution in [1.82, 2.24) is 10.2 Å². The maximum absolute atomic E-state index is 12.5. The van der Waals surface area contributed by atoms with Crippen LogP contribution in [-0.2, 0) is 0 Å². The number of hydrogen-bond donors (Lipinski definition) is 1. The minimum absolute atomic E-state index is 0.136. The summed E-state index contributed by atoms with van der Waals surface area (Å²) in [5.41, 5.74) is 2.91. The summed E-state index contributed by atoms with van der Waals surface area (Å²) in [6.45, 7) is 5.88. The van der Waals surface area contributed by atoms with E-state index in [1.165, 1.54) is 23.1 Å². The molecule has 2 aromatic rings. The topological polar surface area (TPSA) is 54.9 Å². The van der Waals surface area contributed by atoms with E-state index < -0.39 is 0 Å². The molecule has 106 valence electrons. The molecule has 0 spiro atoms. The molecular weight excluding hydrogens is 290 g/mol. The van der Waals surface area contributed by atoms with Crippen LogP contribution in [0, 0.1) is 13.8 Å². The van der Waals surface area contributed by atoms with Crippen molar-refractivity contribution in [1.29, 1.82) is 0 Å². The van der Waals surface area contributed by atoms with E-state index in [0.717, 1.165) is 26.2 Å². The summed E-state index contributed by atoms with van der Waals surface area (Å²) >= 11 is 2.91. The fourth-order valence-electron chi connectivity index (χ4n) is 1.78. The third-order valence-corrected chi connectivity index (χ3v) is 5.05. The molecular formula is C14H17N3OS2. The molecule has 1 heterocycles. The minimum Gasteiger partial charge on any atom is -0.363 e. The number of benzene rings is 1. The highest BCUT2D eigenvalue weighted by molar-refractivity contribution is 8.02. The van der Waals surface area contributed by atoms with Crippen molar-refractivity contribution >= 4 is 34.0 Å². The van der Waals surface area contributed by atoms with E-state index in [9.17, 15) is 4.79 Å². The zero-order valence-electron chi connectivity index (χ0n) is 11.9. The number of nitrogens with zero attached hydrogens (tertiary/aromatic N) is 2. The minimum atomic E-state index is -0.173. The lowest BCUT2D eigenvalue weighted by Crippen LogP contribution is -2.15. The number of Topliss-reactive ketones (excluding diaryl/α,β-unsaturated/α-hetero) is 1. The van der Waals surface area contributed by atoms with Crippen molar-refractivity contribution in [2.45, 2.75) is 30.4 Å². The Bertz CT molecular complexity index is 625. The molecule has 0 radical (unpaired) electrons. The van der Waals surface area contributed by atoms with Crippen LogP contribution in [0.4, 0.5) is 5.13 Å². The lowest BCUT2D eigenvalue weighted by atomic mass is 10.0. The Kier molecular flexibility index (Phi) is 4.77. The monoisotopic (exact) mass is 307 g/mol. The zero-order valence-corrected chi connectivity index (χ0v) is 13.6. The molecule has 0 fully saturated rings. The maximum atomic E-state index is 12.5. The quantitative estimate of drug-likeness (QED) is 0.676. The summed E-state index contributed by atoms with van der Waals surface area (Å²) in [6.07, 6.45) is 0. The number of ketones is 1. The third-order valence-electron chi connectivity index (χ3n) is 2.93. The number of thioether (sulfide) groups is 1. The van der Waals surface area contributed by atoms with Gasteiger partial charge in [-0.1, -0.05) is 40.8 Å². The molecule has 0 aliphatic heterocycles. The van der Waals surface area contributed by atoms with Crippen LogP contribution in [0.25, 0.3) is 0 Å². The van der Waals surface area contributed by atoms with Crippen molar-refractivity contribution in [3.05, 3.63) is 34.9 Å². The van der Waals surface area contributed by atoms with Crippen LogP contribution < -0.4 is 5.32 Å². The standard InChI is InChI=1S/C14H17N3OS2/c1-8-5-6-9(2)11(7-8)12(18)10(3)19-14-17-16-13(15-4)20-14/h5-7,10H,1-4H3,(H,15,16)/t10-/m1/s1. The maximum Gasteiger partial charge on any atom is 0.206 e. The molecule has 1 aromatic carbocycles. The Morgan fingerprint density at radius 1 is 1.35 bits per heavy atom. The molecule has 1 N–H and O–H groups in total. The fraction of sp³-hybridized carbons (Fsp3) is 0.357. The van der Waals surface area contributed by atoms with E-state index in [1.807, 2.05) is 39.0 Å². The number of rotatable bonds is 5. The van der Waals surface area contributed by atoms with E-state index in [0.29, 0.717) is 0 Å². The van der Waals surface area contributed by atoms with Crippen molar-refractivity contribution < 1.29 is 4.79 Å². The van der Waals surface area contributed by atoms with Gasteiger partial charge in [0.2, 0.25) is 5.13 Å². The van der Waals surface area contributed by atoms with E-state index in [4.69, 9.17) is 0 Å². The Labute approximate surface area is 127 Å². The summed E-state index contributed by atoms with van der Waals surface area (Å²) in [5, 5.41) is 11.6. The molecule has 0 saturated carbocycles. The van der Waals surface area contributed by atoms with Crippen LogP contribution >= 0.6 is 23.1 Å². The van der Waals surface area contributed by atoms with Crippen LogP contribution in [0.3, 0.4) is 0 Å². The highest BCUT2D eigenvalue weighted by atomic mass is 32.2. The van der Waals surface area contributed by atoms with Crippen LogP contribution in [-0.4, -0.2) is 28.3 Å². The normalized spacial score (nSPS) is 12.2. The second-order valence-electron chi connectivity index (χ2n) is 4.57. The third kappa shape index (κ3) is 3.37. The van der Waals surface area contributed by atoms with E-state index in [1.54, 1.807) is 7.05 Å². The molecule has 1 aromatic heterocycles. The van der Waals surface area contributed by atoms with Crippen LogP contribution in [0.15, 0.2) is 22.5 Å². The number of carbonyl (C=O) groups is 1. The van der Waals surface area contributed by atoms with Crippen molar-refractivity contribution in [3.8, 4) is 0 Å². The van der Waals surface area contributed by atoms with Crippen molar-refractivity contribution in [2.75, 3.05) is 12.4 Å². The number of aromatic nitrogens is 2. The van der Waals surface area contributed by atoms with Crippen molar-refractivity contribution in [3.63, 3.8) is 0 Å². The number of aryl methyl sites for hydroxylation is 2. The van der Waals surface area contributed by atoms with Crippen LogP contribution in [0.2, 0.25) is 0 Å². The van der Waals surface area contributed by atoms with Gasteiger partial charge >= 0.3 is 0 Å². The largest absolute Gasteiger partial charge is 0.363 e. The van der Waals surface area contributed by atoms with Gasteiger partial charge in [-0.15, -0.1) is 10.2 Å². The highest BCUT2D eigenvalue weighted by Crippen LogP contribution is 2.30. The Hall–Kier alpha value is -1.40. The van der Waals surface area contributed by atoms with Crippen LogP contribution in [0.5, 0.6) is 0 Å². The van der Waals surface area contributed by atoms with Gasteiger partial charge < -0.3 is 5.32 Å². The van der Waals surface area contributed by atoms with E-state index in [2.05, 4.69) is 15.5 Å². The summed E-state index contributed by atoms with van der Waals surface area (Å²) in [5.74, 6) is 0.136. The van der Waals surface area contributed by atoms with Crippen LogP contribution in [0.1, 0.15) is 28.4 Å². The van der Waals surface area contributed by atoms with Gasteiger partial charge in [0.15, 0.2) is 10.1 Å². The number of anilines is 1. The molecule has 6 heteroatoms. The van der Waals surface area contributed by atoms with E-state index in [-0.39, 0.29) is 11.0 Å². The van der Waals surface area contributed by atoms with Gasteiger partial charge in [-0.05, 0) is 32.4 Å². The molecule has 0 amide bonds. The summed E-state index contributed by atoms with van der Waals surface area (Å²) < 4.78 is 0.806. The van der Waals surface area contributed by atoms with Gasteiger partial charge in [-0.25, -0.2) is 0 Å². The molecule has 0 aliphatic carbocycles. The lowest BCUT2D eigenvalue weighted by Gasteiger charge is -2.11. The predicted molar refractivity (Wildman–Crippen MR) is 85.0 cm³/mol.